The van der Waals surface area contributed by atoms with Gasteiger partial charge in [-0.1, -0.05) is 6.07 Å². The average molecular weight is 315 g/mol. The Morgan fingerprint density at radius 3 is 2.65 bits per heavy atom. The number of hydrogen-bond donors (Lipinski definition) is 2. The van der Waals surface area contributed by atoms with Gasteiger partial charge in [0.05, 0.1) is 13.2 Å². The van der Waals surface area contributed by atoms with Gasteiger partial charge in [0.25, 0.3) is 0 Å². The molecule has 0 aliphatic heterocycles. The Morgan fingerprint density at radius 2 is 2.04 bits per heavy atom. The van der Waals surface area contributed by atoms with E-state index in [1.54, 1.807) is 14.2 Å². The van der Waals surface area contributed by atoms with Gasteiger partial charge in [-0.05, 0) is 56.2 Å². The van der Waals surface area contributed by atoms with E-state index in [4.69, 9.17) is 9.15 Å². The zero-order chi connectivity index (χ0) is 16.8. The van der Waals surface area contributed by atoms with Crippen LogP contribution in [-0.4, -0.2) is 20.1 Å². The maximum absolute atomic E-state index is 5.64. The lowest BCUT2D eigenvalue weighted by Gasteiger charge is -2.17. The number of methoxy groups -OCH3 is 1. The SMILES string of the molecule is CN=C(NCc1cc(C)cc(OC)c1)NC(C)c1ccc(C)o1. The molecule has 0 saturated heterocycles. The Kier molecular flexibility index (Phi) is 5.68. The van der Waals surface area contributed by atoms with Crippen LogP contribution in [0.1, 0.15) is 35.6 Å². The van der Waals surface area contributed by atoms with Gasteiger partial charge in [0.1, 0.15) is 17.3 Å². The fraction of sp³-hybridized carbons (Fsp3) is 0.389. The first-order chi connectivity index (χ1) is 11.0. The summed E-state index contributed by atoms with van der Waals surface area (Å²) in [6.45, 7) is 6.71. The Hall–Kier alpha value is -2.43. The third-order valence-corrected chi connectivity index (χ3v) is 3.57. The van der Waals surface area contributed by atoms with Gasteiger partial charge >= 0.3 is 0 Å². The van der Waals surface area contributed by atoms with Gasteiger partial charge in [-0.2, -0.15) is 0 Å². The minimum Gasteiger partial charge on any atom is -0.497 e. The molecule has 0 radical (unpaired) electrons. The molecule has 0 fully saturated rings. The Bertz CT molecular complexity index is 677. The van der Waals surface area contributed by atoms with Crippen molar-refractivity contribution in [2.75, 3.05) is 14.2 Å². The van der Waals surface area contributed by atoms with E-state index in [0.29, 0.717) is 6.54 Å². The number of benzene rings is 1. The molecular formula is C18H25N3O2. The second-order valence-corrected chi connectivity index (χ2v) is 5.60. The summed E-state index contributed by atoms with van der Waals surface area (Å²) >= 11 is 0. The summed E-state index contributed by atoms with van der Waals surface area (Å²) in [5, 5.41) is 6.64. The molecule has 0 bridgehead atoms. The van der Waals surface area contributed by atoms with Crippen LogP contribution in [0, 0.1) is 13.8 Å². The van der Waals surface area contributed by atoms with Gasteiger partial charge < -0.3 is 19.8 Å². The predicted octanol–water partition coefficient (Wildman–Crippen LogP) is 3.33. The van der Waals surface area contributed by atoms with Gasteiger partial charge in [0.15, 0.2) is 5.96 Å². The van der Waals surface area contributed by atoms with E-state index in [1.165, 1.54) is 5.56 Å². The Balaban J connectivity index is 1.96. The van der Waals surface area contributed by atoms with Crippen LogP contribution >= 0.6 is 0 Å². The number of aliphatic imine (C=N–C) groups is 1. The lowest BCUT2D eigenvalue weighted by Crippen LogP contribution is -2.38. The number of nitrogens with zero attached hydrogens (tertiary/aromatic N) is 1. The highest BCUT2D eigenvalue weighted by atomic mass is 16.5. The van der Waals surface area contributed by atoms with Crippen LogP contribution in [0.4, 0.5) is 0 Å². The van der Waals surface area contributed by atoms with Crippen LogP contribution in [0.5, 0.6) is 5.75 Å². The van der Waals surface area contributed by atoms with Crippen LogP contribution in [-0.2, 0) is 6.54 Å². The number of furan rings is 1. The molecule has 0 amide bonds. The van der Waals surface area contributed by atoms with E-state index < -0.39 is 0 Å². The zero-order valence-electron chi connectivity index (χ0n) is 14.4. The summed E-state index contributed by atoms with van der Waals surface area (Å²) in [7, 11) is 3.44. The van der Waals surface area contributed by atoms with Crippen molar-refractivity contribution >= 4 is 5.96 Å². The molecule has 0 saturated carbocycles. The van der Waals surface area contributed by atoms with Crippen molar-refractivity contribution in [2.24, 2.45) is 4.99 Å². The molecule has 124 valence electrons. The summed E-state index contributed by atoms with van der Waals surface area (Å²) in [6, 6.07) is 10.1. The van der Waals surface area contributed by atoms with E-state index in [2.05, 4.69) is 28.6 Å². The first-order valence-corrected chi connectivity index (χ1v) is 7.70. The Labute approximate surface area is 137 Å². The molecule has 5 nitrogen and oxygen atoms in total. The third kappa shape index (κ3) is 4.77. The van der Waals surface area contributed by atoms with E-state index in [0.717, 1.165) is 28.8 Å². The van der Waals surface area contributed by atoms with E-state index in [9.17, 15) is 0 Å². The maximum Gasteiger partial charge on any atom is 0.191 e. The highest BCUT2D eigenvalue weighted by Crippen LogP contribution is 2.17. The van der Waals surface area contributed by atoms with Gasteiger partial charge in [-0.25, -0.2) is 0 Å². The summed E-state index contributed by atoms with van der Waals surface area (Å²) in [5.41, 5.74) is 2.31. The minimum absolute atomic E-state index is 0.0435. The maximum atomic E-state index is 5.64. The van der Waals surface area contributed by atoms with Crippen molar-refractivity contribution in [2.45, 2.75) is 33.4 Å². The predicted molar refractivity (Wildman–Crippen MR) is 92.9 cm³/mol. The van der Waals surface area contributed by atoms with E-state index in [1.807, 2.05) is 38.1 Å². The minimum atomic E-state index is 0.0435. The molecule has 1 atom stereocenters. The van der Waals surface area contributed by atoms with Crippen molar-refractivity contribution < 1.29 is 9.15 Å². The smallest absolute Gasteiger partial charge is 0.191 e. The molecule has 1 unspecified atom stereocenters. The molecule has 2 aromatic rings. The summed E-state index contributed by atoms with van der Waals surface area (Å²) in [4.78, 5) is 4.26. The molecule has 1 heterocycles. The molecule has 0 aliphatic rings. The van der Waals surface area contributed by atoms with Crippen molar-refractivity contribution in [3.05, 3.63) is 53.0 Å². The quantitative estimate of drug-likeness (QED) is 0.656. The van der Waals surface area contributed by atoms with E-state index >= 15 is 0 Å². The van der Waals surface area contributed by atoms with Crippen LogP contribution in [0.2, 0.25) is 0 Å². The fourth-order valence-electron chi connectivity index (χ4n) is 2.39. The molecule has 23 heavy (non-hydrogen) atoms. The molecule has 0 spiro atoms. The molecule has 1 aromatic heterocycles. The summed E-state index contributed by atoms with van der Waals surface area (Å²) in [5.74, 6) is 3.39. The van der Waals surface area contributed by atoms with Gasteiger partial charge in [0.2, 0.25) is 0 Å². The zero-order valence-corrected chi connectivity index (χ0v) is 14.4. The topological polar surface area (TPSA) is 58.8 Å². The second-order valence-electron chi connectivity index (χ2n) is 5.60. The fourth-order valence-corrected chi connectivity index (χ4v) is 2.39. The van der Waals surface area contributed by atoms with E-state index in [-0.39, 0.29) is 6.04 Å². The molecule has 2 rings (SSSR count). The number of guanidine groups is 1. The van der Waals surface area contributed by atoms with Crippen LogP contribution < -0.4 is 15.4 Å². The van der Waals surface area contributed by atoms with Gasteiger partial charge in [-0.15, -0.1) is 0 Å². The van der Waals surface area contributed by atoms with Crippen molar-refractivity contribution in [1.82, 2.24) is 10.6 Å². The molecular weight excluding hydrogens is 290 g/mol. The molecule has 5 heteroatoms. The van der Waals surface area contributed by atoms with Gasteiger partial charge in [0, 0.05) is 13.6 Å². The molecule has 0 aliphatic carbocycles. The number of aryl methyl sites for hydroxylation is 2. The summed E-state index contributed by atoms with van der Waals surface area (Å²) < 4.78 is 10.9. The standard InChI is InChI=1S/C18H25N3O2/c1-12-8-15(10-16(9-12)22-5)11-20-18(19-4)21-14(3)17-7-6-13(2)23-17/h6-10,14H,11H2,1-5H3,(H2,19,20,21). The van der Waals surface area contributed by atoms with Crippen LogP contribution in [0.15, 0.2) is 39.7 Å². The Morgan fingerprint density at radius 1 is 1.26 bits per heavy atom. The lowest BCUT2D eigenvalue weighted by atomic mass is 10.1. The van der Waals surface area contributed by atoms with Crippen LogP contribution in [0.25, 0.3) is 0 Å². The van der Waals surface area contributed by atoms with Crippen molar-refractivity contribution in [3.8, 4) is 5.75 Å². The third-order valence-electron chi connectivity index (χ3n) is 3.57. The van der Waals surface area contributed by atoms with Crippen molar-refractivity contribution in [3.63, 3.8) is 0 Å². The highest BCUT2D eigenvalue weighted by Gasteiger charge is 2.11. The number of ether oxygens (including phenoxy) is 1. The average Bonchev–Trinajstić information content (AvgIpc) is 2.97. The molecule has 2 N–H and O–H groups in total. The number of hydrogen-bond acceptors (Lipinski definition) is 3. The lowest BCUT2D eigenvalue weighted by molar-refractivity contribution is 0.414. The first-order valence-electron chi connectivity index (χ1n) is 7.70. The van der Waals surface area contributed by atoms with Crippen LogP contribution in [0.3, 0.4) is 0 Å². The first kappa shape index (κ1) is 16.9. The number of nitrogens with one attached hydrogen (secondary N) is 2. The largest absolute Gasteiger partial charge is 0.497 e. The monoisotopic (exact) mass is 315 g/mol. The van der Waals surface area contributed by atoms with Gasteiger partial charge in [-0.3, -0.25) is 4.99 Å². The van der Waals surface area contributed by atoms with Crippen molar-refractivity contribution in [1.29, 1.82) is 0 Å². The normalized spacial score (nSPS) is 12.8. The molecule has 1 aromatic carbocycles. The summed E-state index contributed by atoms with van der Waals surface area (Å²) in [6.07, 6.45) is 0. The second kappa shape index (κ2) is 7.72. The number of rotatable bonds is 5. The highest BCUT2D eigenvalue weighted by molar-refractivity contribution is 5.80.